The fourth-order valence-corrected chi connectivity index (χ4v) is 2.32. The molecule has 0 bridgehead atoms. The van der Waals surface area contributed by atoms with E-state index in [-0.39, 0.29) is 0 Å². The number of carbonyl (C=O) groups is 1. The molecule has 3 N–H and O–H groups in total. The van der Waals surface area contributed by atoms with Crippen LogP contribution in [0.15, 0.2) is 12.1 Å². The molecule has 0 aromatic heterocycles. The number of nitrogen functional groups attached to an aromatic ring is 1. The smallest absolute Gasteiger partial charge is 0.340 e. The summed E-state index contributed by atoms with van der Waals surface area (Å²) in [5, 5.41) is 3.35. The molecule has 1 atom stereocenters. The summed E-state index contributed by atoms with van der Waals surface area (Å²) in [5.41, 5.74) is 8.54. The van der Waals surface area contributed by atoms with Gasteiger partial charge in [-0.05, 0) is 37.8 Å². The van der Waals surface area contributed by atoms with Gasteiger partial charge in [0.15, 0.2) is 0 Å². The van der Waals surface area contributed by atoms with Gasteiger partial charge in [-0.25, -0.2) is 4.79 Å². The zero-order valence-electron chi connectivity index (χ0n) is 11.2. The predicted molar refractivity (Wildman–Crippen MR) is 78.4 cm³/mol. The maximum Gasteiger partial charge on any atom is 0.340 e. The lowest BCUT2D eigenvalue weighted by Gasteiger charge is -2.16. The van der Waals surface area contributed by atoms with Gasteiger partial charge in [0.1, 0.15) is 0 Å². The van der Waals surface area contributed by atoms with Gasteiger partial charge in [0.2, 0.25) is 0 Å². The molecule has 0 spiro atoms. The van der Waals surface area contributed by atoms with Crippen molar-refractivity contribution in [2.24, 2.45) is 0 Å². The standard InChI is InChI=1S/C13H20N2O2S/c1-8-5-10(15-9(2)7-18-4)6-11(12(8)14)13(16)17-3/h5-6,9,15H,7,14H2,1-4H3. The average molecular weight is 268 g/mol. The van der Waals surface area contributed by atoms with Crippen molar-refractivity contribution in [2.75, 3.05) is 30.2 Å². The first kappa shape index (κ1) is 14.7. The number of benzene rings is 1. The van der Waals surface area contributed by atoms with Gasteiger partial charge in [-0.3, -0.25) is 0 Å². The second-order valence-corrected chi connectivity index (χ2v) is 5.16. The number of rotatable bonds is 5. The van der Waals surface area contributed by atoms with Gasteiger partial charge in [0.05, 0.1) is 12.7 Å². The minimum Gasteiger partial charge on any atom is -0.465 e. The van der Waals surface area contributed by atoms with E-state index in [0.29, 0.717) is 17.3 Å². The normalized spacial score (nSPS) is 12.0. The number of nitrogens with two attached hydrogens (primary N) is 1. The van der Waals surface area contributed by atoms with Gasteiger partial charge in [-0.1, -0.05) is 0 Å². The van der Waals surface area contributed by atoms with Gasteiger partial charge in [0, 0.05) is 23.2 Å². The van der Waals surface area contributed by atoms with Crippen LogP contribution in [0, 0.1) is 6.92 Å². The van der Waals surface area contributed by atoms with Gasteiger partial charge < -0.3 is 15.8 Å². The molecule has 1 aromatic carbocycles. The number of anilines is 2. The second-order valence-electron chi connectivity index (χ2n) is 4.25. The molecule has 1 aromatic rings. The highest BCUT2D eigenvalue weighted by molar-refractivity contribution is 7.98. The fraction of sp³-hybridized carbons (Fsp3) is 0.462. The molecule has 0 amide bonds. The van der Waals surface area contributed by atoms with Crippen LogP contribution in [0.5, 0.6) is 0 Å². The molecule has 0 aliphatic carbocycles. The predicted octanol–water partition coefficient (Wildman–Crippen LogP) is 2.53. The molecular formula is C13H20N2O2S. The van der Waals surface area contributed by atoms with Crippen LogP contribution in [0.3, 0.4) is 0 Å². The number of aryl methyl sites for hydroxylation is 1. The van der Waals surface area contributed by atoms with E-state index in [1.54, 1.807) is 17.8 Å². The molecule has 0 saturated heterocycles. The number of hydrogen-bond acceptors (Lipinski definition) is 5. The maximum absolute atomic E-state index is 11.6. The van der Waals surface area contributed by atoms with E-state index in [2.05, 4.69) is 18.5 Å². The third-order valence-electron chi connectivity index (χ3n) is 2.62. The molecule has 0 aliphatic rings. The molecule has 0 fully saturated rings. The summed E-state index contributed by atoms with van der Waals surface area (Å²) in [6.07, 6.45) is 2.06. The van der Waals surface area contributed by atoms with Crippen LogP contribution in [-0.2, 0) is 4.74 Å². The number of carbonyl (C=O) groups excluding carboxylic acids is 1. The van der Waals surface area contributed by atoms with Crippen molar-refractivity contribution in [3.05, 3.63) is 23.3 Å². The first-order valence-electron chi connectivity index (χ1n) is 5.73. The lowest BCUT2D eigenvalue weighted by atomic mass is 10.1. The number of esters is 1. The first-order valence-corrected chi connectivity index (χ1v) is 7.12. The lowest BCUT2D eigenvalue weighted by molar-refractivity contribution is 0.0602. The molecule has 0 aliphatic heterocycles. The highest BCUT2D eigenvalue weighted by Gasteiger charge is 2.14. The number of hydrogen-bond donors (Lipinski definition) is 2. The Hall–Kier alpha value is -1.36. The van der Waals surface area contributed by atoms with Gasteiger partial charge in [0.25, 0.3) is 0 Å². The summed E-state index contributed by atoms with van der Waals surface area (Å²) in [6, 6.07) is 4.01. The monoisotopic (exact) mass is 268 g/mol. The van der Waals surface area contributed by atoms with Crippen LogP contribution in [0.25, 0.3) is 0 Å². The van der Waals surface area contributed by atoms with E-state index in [1.807, 2.05) is 13.0 Å². The van der Waals surface area contributed by atoms with Crippen LogP contribution < -0.4 is 11.1 Å². The second kappa shape index (κ2) is 6.54. The zero-order chi connectivity index (χ0) is 13.7. The van der Waals surface area contributed by atoms with Gasteiger partial charge in [-0.2, -0.15) is 11.8 Å². The molecule has 1 unspecified atom stereocenters. The van der Waals surface area contributed by atoms with Crippen molar-refractivity contribution < 1.29 is 9.53 Å². The van der Waals surface area contributed by atoms with Crippen molar-refractivity contribution in [2.45, 2.75) is 19.9 Å². The Morgan fingerprint density at radius 3 is 2.78 bits per heavy atom. The maximum atomic E-state index is 11.6. The zero-order valence-corrected chi connectivity index (χ0v) is 12.1. The highest BCUT2D eigenvalue weighted by atomic mass is 32.2. The van der Waals surface area contributed by atoms with Gasteiger partial charge in [-0.15, -0.1) is 0 Å². The Labute approximate surface area is 112 Å². The highest BCUT2D eigenvalue weighted by Crippen LogP contribution is 2.24. The van der Waals surface area contributed by atoms with E-state index >= 15 is 0 Å². The van der Waals surface area contributed by atoms with E-state index in [0.717, 1.165) is 17.0 Å². The Bertz CT molecular complexity index is 435. The van der Waals surface area contributed by atoms with Crippen LogP contribution in [-0.4, -0.2) is 31.1 Å². The van der Waals surface area contributed by atoms with Crippen molar-refractivity contribution in [3.8, 4) is 0 Å². The van der Waals surface area contributed by atoms with Crippen molar-refractivity contribution in [1.29, 1.82) is 0 Å². The van der Waals surface area contributed by atoms with Gasteiger partial charge >= 0.3 is 5.97 Å². The van der Waals surface area contributed by atoms with E-state index in [1.165, 1.54) is 7.11 Å². The lowest BCUT2D eigenvalue weighted by Crippen LogP contribution is -2.18. The fourth-order valence-electron chi connectivity index (χ4n) is 1.74. The summed E-state index contributed by atoms with van der Waals surface area (Å²) >= 11 is 1.77. The molecule has 100 valence electrons. The Balaban J connectivity index is 3.01. The molecule has 0 radical (unpaired) electrons. The largest absolute Gasteiger partial charge is 0.465 e. The van der Waals surface area contributed by atoms with E-state index in [4.69, 9.17) is 10.5 Å². The van der Waals surface area contributed by atoms with Crippen molar-refractivity contribution in [1.82, 2.24) is 0 Å². The molecular weight excluding hydrogens is 248 g/mol. The minimum absolute atomic E-state index is 0.327. The number of nitrogens with one attached hydrogen (secondary N) is 1. The van der Waals surface area contributed by atoms with E-state index in [9.17, 15) is 4.79 Å². The summed E-state index contributed by atoms with van der Waals surface area (Å²) in [7, 11) is 1.35. The third-order valence-corrected chi connectivity index (χ3v) is 3.46. The van der Waals surface area contributed by atoms with E-state index < -0.39 is 5.97 Å². The number of ether oxygens (including phenoxy) is 1. The summed E-state index contributed by atoms with van der Waals surface area (Å²) in [6.45, 7) is 3.98. The number of thioether (sulfide) groups is 1. The molecule has 18 heavy (non-hydrogen) atoms. The molecule has 0 saturated carbocycles. The SMILES string of the molecule is COC(=O)c1cc(NC(C)CSC)cc(C)c1N. The van der Waals surface area contributed by atoms with Crippen LogP contribution in [0.2, 0.25) is 0 Å². The summed E-state index contributed by atoms with van der Waals surface area (Å²) in [4.78, 5) is 11.6. The van der Waals surface area contributed by atoms with Crippen LogP contribution in [0.1, 0.15) is 22.8 Å². The third kappa shape index (κ3) is 3.57. The Kier molecular flexibility index (Phi) is 5.34. The van der Waals surface area contributed by atoms with Crippen molar-refractivity contribution in [3.63, 3.8) is 0 Å². The Morgan fingerprint density at radius 2 is 2.22 bits per heavy atom. The summed E-state index contributed by atoms with van der Waals surface area (Å²) in [5.74, 6) is 0.591. The molecule has 0 heterocycles. The topological polar surface area (TPSA) is 64.3 Å². The summed E-state index contributed by atoms with van der Waals surface area (Å²) < 4.78 is 4.73. The number of methoxy groups -OCH3 is 1. The quantitative estimate of drug-likeness (QED) is 0.634. The minimum atomic E-state index is -0.406. The molecule has 5 heteroatoms. The molecule has 4 nitrogen and oxygen atoms in total. The van der Waals surface area contributed by atoms with Crippen molar-refractivity contribution >= 4 is 29.1 Å². The van der Waals surface area contributed by atoms with Crippen LogP contribution in [0.4, 0.5) is 11.4 Å². The molecule has 1 rings (SSSR count). The average Bonchev–Trinajstić information content (AvgIpc) is 2.32. The van der Waals surface area contributed by atoms with Crippen LogP contribution >= 0.6 is 11.8 Å². The first-order chi connectivity index (χ1) is 8.49. The Morgan fingerprint density at radius 1 is 1.56 bits per heavy atom.